The number of amides is 2. The van der Waals surface area contributed by atoms with E-state index >= 15 is 0 Å². The van der Waals surface area contributed by atoms with Gasteiger partial charge in [-0.2, -0.15) is 0 Å². The highest BCUT2D eigenvalue weighted by Gasteiger charge is 2.32. The van der Waals surface area contributed by atoms with Crippen molar-refractivity contribution < 1.29 is 4.79 Å². The quantitative estimate of drug-likeness (QED) is 0.646. The smallest absolute Gasteiger partial charge is 0.322 e. The summed E-state index contributed by atoms with van der Waals surface area (Å²) in [5.74, 6) is 0.330. The number of likely N-dealkylation sites (tertiary alicyclic amines) is 1. The third-order valence-corrected chi connectivity index (χ3v) is 6.80. The number of urea groups is 1. The zero-order valence-electron chi connectivity index (χ0n) is 19.9. The number of hydrogen-bond donors (Lipinski definition) is 1. The maximum Gasteiger partial charge on any atom is 0.322 e. The van der Waals surface area contributed by atoms with E-state index in [1.165, 1.54) is 5.56 Å². The van der Waals surface area contributed by atoms with Gasteiger partial charge in [-0.3, -0.25) is 14.4 Å². The molecule has 1 N–H and O–H groups in total. The van der Waals surface area contributed by atoms with Crippen LogP contribution in [0.2, 0.25) is 0 Å². The number of anilines is 1. The summed E-state index contributed by atoms with van der Waals surface area (Å²) in [5, 5.41) is 2.90. The van der Waals surface area contributed by atoms with E-state index in [2.05, 4.69) is 41.4 Å². The molecule has 1 aromatic heterocycles. The van der Waals surface area contributed by atoms with Crippen LogP contribution in [-0.4, -0.2) is 51.4 Å². The lowest BCUT2D eigenvalue weighted by molar-refractivity contribution is 0.0933. The molecule has 2 heterocycles. The number of rotatable bonds is 5. The van der Waals surface area contributed by atoms with Crippen molar-refractivity contribution in [1.82, 2.24) is 19.2 Å². The third kappa shape index (κ3) is 4.73. The minimum Gasteiger partial charge on any atom is -0.324 e. The van der Waals surface area contributed by atoms with Crippen molar-refractivity contribution in [2.75, 3.05) is 25.5 Å². The van der Waals surface area contributed by atoms with Crippen molar-refractivity contribution in [1.29, 1.82) is 0 Å². The van der Waals surface area contributed by atoms with E-state index < -0.39 is 0 Å². The molecule has 1 fully saturated rings. The third-order valence-electron chi connectivity index (χ3n) is 6.80. The summed E-state index contributed by atoms with van der Waals surface area (Å²) in [6.45, 7) is 6.84. The maximum absolute atomic E-state index is 13.1. The number of benzene rings is 2. The van der Waals surface area contributed by atoms with Gasteiger partial charge in [-0.05, 0) is 37.0 Å². The highest BCUT2D eigenvalue weighted by atomic mass is 16.2. The SMILES string of the molecule is Cc1c(NC(=O)N(C)[C@H]2CCN(Cc3ccccc3)C[C@@H]2C)c(=O)n(-c2ccccc2)n1C. The van der Waals surface area contributed by atoms with E-state index in [0.29, 0.717) is 11.6 Å². The van der Waals surface area contributed by atoms with E-state index in [9.17, 15) is 9.59 Å². The van der Waals surface area contributed by atoms with Crippen LogP contribution in [0.4, 0.5) is 10.5 Å². The molecule has 0 aliphatic carbocycles. The van der Waals surface area contributed by atoms with Crippen LogP contribution in [0, 0.1) is 12.8 Å². The number of hydrogen-bond acceptors (Lipinski definition) is 3. The molecule has 0 saturated carbocycles. The van der Waals surface area contributed by atoms with Crippen LogP contribution in [-0.2, 0) is 13.6 Å². The van der Waals surface area contributed by atoms with Crippen LogP contribution in [0.25, 0.3) is 5.69 Å². The topological polar surface area (TPSA) is 62.5 Å². The highest BCUT2D eigenvalue weighted by molar-refractivity contribution is 5.89. The number of carbonyl (C=O) groups excluding carboxylic acids is 1. The Hall–Kier alpha value is -3.32. The molecule has 2 amide bonds. The van der Waals surface area contributed by atoms with E-state index in [1.807, 2.05) is 57.4 Å². The summed E-state index contributed by atoms with van der Waals surface area (Å²) in [4.78, 5) is 30.5. The van der Waals surface area contributed by atoms with Gasteiger partial charge < -0.3 is 10.2 Å². The predicted molar refractivity (Wildman–Crippen MR) is 132 cm³/mol. The second-order valence-corrected chi connectivity index (χ2v) is 9.03. The van der Waals surface area contributed by atoms with Crippen molar-refractivity contribution >= 4 is 11.7 Å². The van der Waals surface area contributed by atoms with Crippen molar-refractivity contribution in [3.8, 4) is 5.69 Å². The Bertz CT molecular complexity index is 1150. The Morgan fingerprint density at radius 1 is 1.09 bits per heavy atom. The summed E-state index contributed by atoms with van der Waals surface area (Å²) >= 11 is 0. The first kappa shape index (κ1) is 22.9. The van der Waals surface area contributed by atoms with Gasteiger partial charge in [-0.25, -0.2) is 9.48 Å². The van der Waals surface area contributed by atoms with E-state index in [4.69, 9.17) is 0 Å². The van der Waals surface area contributed by atoms with Gasteiger partial charge in [0.15, 0.2) is 0 Å². The zero-order valence-corrected chi connectivity index (χ0v) is 19.9. The molecule has 1 aliphatic heterocycles. The molecule has 174 valence electrons. The molecule has 0 unspecified atom stereocenters. The molecule has 4 rings (SSSR count). The van der Waals surface area contributed by atoms with E-state index in [-0.39, 0.29) is 17.6 Å². The van der Waals surface area contributed by atoms with Gasteiger partial charge in [0.05, 0.1) is 11.4 Å². The van der Waals surface area contributed by atoms with Crippen molar-refractivity contribution in [2.24, 2.45) is 13.0 Å². The van der Waals surface area contributed by atoms with Crippen molar-refractivity contribution in [2.45, 2.75) is 32.9 Å². The average Bonchev–Trinajstić information content (AvgIpc) is 3.03. The van der Waals surface area contributed by atoms with Gasteiger partial charge in [0.2, 0.25) is 0 Å². The van der Waals surface area contributed by atoms with Gasteiger partial charge >= 0.3 is 6.03 Å². The van der Waals surface area contributed by atoms with Gasteiger partial charge in [0, 0.05) is 39.8 Å². The summed E-state index contributed by atoms with van der Waals surface area (Å²) in [5.41, 5.74) is 2.89. The van der Waals surface area contributed by atoms with Crippen LogP contribution >= 0.6 is 0 Å². The molecule has 1 aliphatic rings. The first-order valence-electron chi connectivity index (χ1n) is 11.5. The van der Waals surface area contributed by atoms with Gasteiger partial charge in [0.1, 0.15) is 5.69 Å². The van der Waals surface area contributed by atoms with E-state index in [0.717, 1.165) is 37.4 Å². The molecule has 0 radical (unpaired) electrons. The normalized spacial score (nSPS) is 18.8. The summed E-state index contributed by atoms with van der Waals surface area (Å²) < 4.78 is 3.35. The minimum absolute atomic E-state index is 0.123. The fourth-order valence-electron chi connectivity index (χ4n) is 4.84. The molecule has 0 spiro atoms. The van der Waals surface area contributed by atoms with Gasteiger partial charge in [-0.15, -0.1) is 0 Å². The zero-order chi connectivity index (χ0) is 23.5. The number of carbonyl (C=O) groups is 1. The van der Waals surface area contributed by atoms with Gasteiger partial charge in [-0.1, -0.05) is 55.5 Å². The molecule has 7 heteroatoms. The molecule has 1 saturated heterocycles. The summed E-state index contributed by atoms with van der Waals surface area (Å²) in [7, 11) is 3.66. The van der Waals surface area contributed by atoms with Crippen molar-refractivity contribution in [3.63, 3.8) is 0 Å². The Balaban J connectivity index is 1.44. The first-order chi connectivity index (χ1) is 15.9. The average molecular weight is 448 g/mol. The monoisotopic (exact) mass is 447 g/mol. The Labute approximate surface area is 195 Å². The lowest BCUT2D eigenvalue weighted by Crippen LogP contribution is -2.51. The largest absolute Gasteiger partial charge is 0.324 e. The maximum atomic E-state index is 13.1. The number of piperidine rings is 1. The van der Waals surface area contributed by atoms with Crippen molar-refractivity contribution in [3.05, 3.63) is 82.3 Å². The molecule has 0 bridgehead atoms. The van der Waals surface area contributed by atoms with Crippen LogP contribution in [0.5, 0.6) is 0 Å². The lowest BCUT2D eigenvalue weighted by atomic mass is 9.92. The Morgan fingerprint density at radius 2 is 1.73 bits per heavy atom. The molecule has 7 nitrogen and oxygen atoms in total. The fraction of sp³-hybridized carbons (Fsp3) is 0.385. The number of nitrogens with one attached hydrogen (secondary N) is 1. The number of nitrogens with zero attached hydrogens (tertiary/aromatic N) is 4. The predicted octanol–water partition coefficient (Wildman–Crippen LogP) is 3.86. The van der Waals surface area contributed by atoms with Crippen LogP contribution in [0.15, 0.2) is 65.5 Å². The molecule has 2 aromatic carbocycles. The summed E-state index contributed by atoms with van der Waals surface area (Å²) in [6, 6.07) is 19.8. The first-order valence-corrected chi connectivity index (χ1v) is 11.5. The highest BCUT2D eigenvalue weighted by Crippen LogP contribution is 2.24. The van der Waals surface area contributed by atoms with Gasteiger partial charge in [0.25, 0.3) is 5.56 Å². The lowest BCUT2D eigenvalue weighted by Gasteiger charge is -2.41. The minimum atomic E-state index is -0.241. The molecule has 2 atom stereocenters. The molecular formula is C26H33N5O2. The Kier molecular flexibility index (Phi) is 6.70. The molecular weight excluding hydrogens is 414 g/mol. The van der Waals surface area contributed by atoms with Crippen LogP contribution < -0.4 is 10.9 Å². The second-order valence-electron chi connectivity index (χ2n) is 9.03. The van der Waals surface area contributed by atoms with Crippen LogP contribution in [0.1, 0.15) is 24.6 Å². The number of aromatic nitrogens is 2. The van der Waals surface area contributed by atoms with E-state index in [1.54, 1.807) is 14.3 Å². The fourth-order valence-corrected chi connectivity index (χ4v) is 4.84. The summed E-state index contributed by atoms with van der Waals surface area (Å²) in [6.07, 6.45) is 0.903. The van der Waals surface area contributed by atoms with Crippen LogP contribution in [0.3, 0.4) is 0 Å². The standard InChI is InChI=1S/C26H33N5O2/c1-19-17-30(18-21-11-7-5-8-12-21)16-15-23(19)28(3)26(33)27-24-20(2)29(4)31(25(24)32)22-13-9-6-10-14-22/h5-14,19,23H,15-18H2,1-4H3,(H,27,33)/t19-,23-/m0/s1. The Morgan fingerprint density at radius 3 is 2.36 bits per heavy atom. The second kappa shape index (κ2) is 9.67. The molecule has 3 aromatic rings. The number of para-hydroxylation sites is 1. The molecule has 33 heavy (non-hydrogen) atoms.